The van der Waals surface area contributed by atoms with Gasteiger partial charge in [0.05, 0.1) is 5.01 Å². The molecule has 1 aliphatic heterocycles. The summed E-state index contributed by atoms with van der Waals surface area (Å²) in [5.74, 6) is 0.246. The molecular weight excluding hydrogens is 320 g/mol. The third-order valence-corrected chi connectivity index (χ3v) is 5.40. The van der Waals surface area contributed by atoms with Crippen molar-refractivity contribution >= 4 is 23.1 Å². The predicted octanol–water partition coefficient (Wildman–Crippen LogP) is 3.21. The Bertz CT molecular complexity index is 624. The molecule has 0 bridgehead atoms. The van der Waals surface area contributed by atoms with E-state index in [2.05, 4.69) is 51.7 Å². The first-order valence-electron chi connectivity index (χ1n) is 8.46. The summed E-state index contributed by atoms with van der Waals surface area (Å²) in [5, 5.41) is 9.09. The third kappa shape index (κ3) is 4.47. The van der Waals surface area contributed by atoms with Gasteiger partial charge in [0.25, 0.3) is 0 Å². The molecule has 24 heavy (non-hydrogen) atoms. The van der Waals surface area contributed by atoms with Gasteiger partial charge >= 0.3 is 6.03 Å². The lowest BCUT2D eigenvalue weighted by Crippen LogP contribution is -2.48. The highest BCUT2D eigenvalue weighted by Crippen LogP contribution is 2.19. The van der Waals surface area contributed by atoms with Crippen molar-refractivity contribution in [3.05, 3.63) is 46.9 Å². The zero-order valence-electron chi connectivity index (χ0n) is 13.9. The molecule has 0 aliphatic carbocycles. The van der Waals surface area contributed by atoms with Crippen molar-refractivity contribution in [2.45, 2.75) is 31.7 Å². The minimum Gasteiger partial charge on any atom is -0.371 e. The first-order chi connectivity index (χ1) is 11.7. The Morgan fingerprint density at radius 2 is 2.08 bits per heavy atom. The van der Waals surface area contributed by atoms with E-state index in [-0.39, 0.29) is 18.0 Å². The number of amides is 2. The van der Waals surface area contributed by atoms with Gasteiger partial charge in [0.1, 0.15) is 0 Å². The molecule has 2 heterocycles. The molecule has 2 amide bonds. The molecule has 1 unspecified atom stereocenters. The van der Waals surface area contributed by atoms with Gasteiger partial charge in [0.2, 0.25) is 0 Å². The SMILES string of the molecule is CC(CNC(=O)NC1CCN(c2ccccc2)CC1)c1nccs1. The van der Waals surface area contributed by atoms with Crippen LogP contribution in [0.2, 0.25) is 0 Å². The van der Waals surface area contributed by atoms with Crippen molar-refractivity contribution in [2.24, 2.45) is 0 Å². The van der Waals surface area contributed by atoms with Crippen molar-refractivity contribution in [3.8, 4) is 0 Å². The van der Waals surface area contributed by atoms with E-state index in [1.165, 1.54) is 5.69 Å². The number of para-hydroxylation sites is 1. The number of hydrogen-bond donors (Lipinski definition) is 2. The Labute approximate surface area is 147 Å². The lowest BCUT2D eigenvalue weighted by molar-refractivity contribution is 0.234. The highest BCUT2D eigenvalue weighted by atomic mass is 32.1. The van der Waals surface area contributed by atoms with Crippen molar-refractivity contribution < 1.29 is 4.79 Å². The van der Waals surface area contributed by atoms with E-state index in [0.29, 0.717) is 6.54 Å². The van der Waals surface area contributed by atoms with Gasteiger partial charge in [-0.15, -0.1) is 11.3 Å². The van der Waals surface area contributed by atoms with Gasteiger partial charge < -0.3 is 15.5 Å². The van der Waals surface area contributed by atoms with E-state index < -0.39 is 0 Å². The quantitative estimate of drug-likeness (QED) is 0.876. The Morgan fingerprint density at radius 3 is 2.75 bits per heavy atom. The highest BCUT2D eigenvalue weighted by Gasteiger charge is 2.21. The van der Waals surface area contributed by atoms with Crippen molar-refractivity contribution in [1.82, 2.24) is 15.6 Å². The molecule has 1 aromatic heterocycles. The smallest absolute Gasteiger partial charge is 0.315 e. The summed E-state index contributed by atoms with van der Waals surface area (Å²) in [4.78, 5) is 18.7. The number of thiazole rings is 1. The number of piperidine rings is 1. The Balaban J connectivity index is 1.39. The van der Waals surface area contributed by atoms with Gasteiger partial charge in [-0.25, -0.2) is 9.78 Å². The van der Waals surface area contributed by atoms with Crippen LogP contribution in [-0.2, 0) is 0 Å². The Kier molecular flexibility index (Phi) is 5.69. The van der Waals surface area contributed by atoms with Crippen LogP contribution in [0.15, 0.2) is 41.9 Å². The summed E-state index contributed by atoms with van der Waals surface area (Å²) in [6.07, 6.45) is 3.76. The Hall–Kier alpha value is -2.08. The second kappa shape index (κ2) is 8.15. The minimum atomic E-state index is -0.0726. The molecule has 1 fully saturated rings. The lowest BCUT2D eigenvalue weighted by atomic mass is 10.0. The molecular formula is C18H24N4OS. The van der Waals surface area contributed by atoms with Crippen molar-refractivity contribution in [3.63, 3.8) is 0 Å². The van der Waals surface area contributed by atoms with Crippen LogP contribution in [0.5, 0.6) is 0 Å². The fourth-order valence-electron chi connectivity index (χ4n) is 2.97. The molecule has 1 aromatic carbocycles. The average molecular weight is 344 g/mol. The van der Waals surface area contributed by atoms with Crippen LogP contribution < -0.4 is 15.5 Å². The number of rotatable bonds is 5. The zero-order chi connectivity index (χ0) is 16.8. The maximum atomic E-state index is 12.1. The third-order valence-electron chi connectivity index (χ3n) is 4.39. The molecule has 1 saturated heterocycles. The van der Waals surface area contributed by atoms with Crippen LogP contribution in [-0.4, -0.2) is 36.7 Å². The minimum absolute atomic E-state index is 0.0726. The number of nitrogens with zero attached hydrogens (tertiary/aromatic N) is 2. The van der Waals surface area contributed by atoms with Gasteiger partial charge in [0.15, 0.2) is 0 Å². The van der Waals surface area contributed by atoms with Gasteiger partial charge in [0, 0.05) is 48.9 Å². The standard InChI is InChI=1S/C18H24N4OS/c1-14(17-19-9-12-24-17)13-20-18(23)21-15-7-10-22(11-8-15)16-5-3-2-4-6-16/h2-6,9,12,14-15H,7-8,10-11,13H2,1H3,(H2,20,21,23). The van der Waals surface area contributed by atoms with E-state index >= 15 is 0 Å². The van der Waals surface area contributed by atoms with E-state index in [1.807, 2.05) is 11.4 Å². The second-order valence-electron chi connectivity index (χ2n) is 6.22. The van der Waals surface area contributed by atoms with Crippen LogP contribution in [0.4, 0.5) is 10.5 Å². The number of benzene rings is 1. The summed E-state index contributed by atoms with van der Waals surface area (Å²) in [6, 6.07) is 10.6. The topological polar surface area (TPSA) is 57.3 Å². The Morgan fingerprint density at radius 1 is 1.33 bits per heavy atom. The van der Waals surface area contributed by atoms with Gasteiger partial charge in [-0.3, -0.25) is 0 Å². The first kappa shape index (κ1) is 16.8. The number of hydrogen-bond acceptors (Lipinski definition) is 4. The number of urea groups is 1. The summed E-state index contributed by atoms with van der Waals surface area (Å²) < 4.78 is 0. The molecule has 6 heteroatoms. The summed E-state index contributed by atoms with van der Waals surface area (Å²) in [5.41, 5.74) is 1.26. The van der Waals surface area contributed by atoms with Crippen LogP contribution in [0.3, 0.4) is 0 Å². The van der Waals surface area contributed by atoms with E-state index in [4.69, 9.17) is 0 Å². The van der Waals surface area contributed by atoms with Crippen LogP contribution in [0.25, 0.3) is 0 Å². The largest absolute Gasteiger partial charge is 0.371 e. The number of carbonyl (C=O) groups is 1. The molecule has 128 valence electrons. The fraction of sp³-hybridized carbons (Fsp3) is 0.444. The van der Waals surface area contributed by atoms with Gasteiger partial charge in [-0.2, -0.15) is 0 Å². The van der Waals surface area contributed by atoms with E-state index in [1.54, 1.807) is 17.5 Å². The van der Waals surface area contributed by atoms with Gasteiger partial charge in [-0.1, -0.05) is 25.1 Å². The summed E-state index contributed by atoms with van der Waals surface area (Å²) in [7, 11) is 0. The zero-order valence-corrected chi connectivity index (χ0v) is 14.8. The van der Waals surface area contributed by atoms with Crippen LogP contribution >= 0.6 is 11.3 Å². The van der Waals surface area contributed by atoms with E-state index in [0.717, 1.165) is 30.9 Å². The lowest BCUT2D eigenvalue weighted by Gasteiger charge is -2.34. The summed E-state index contributed by atoms with van der Waals surface area (Å²) >= 11 is 1.63. The fourth-order valence-corrected chi connectivity index (χ4v) is 3.67. The molecule has 3 rings (SSSR count). The average Bonchev–Trinajstić information content (AvgIpc) is 3.16. The molecule has 0 saturated carbocycles. The molecule has 1 aliphatic rings. The monoisotopic (exact) mass is 344 g/mol. The number of anilines is 1. The molecule has 1 atom stereocenters. The van der Waals surface area contributed by atoms with Gasteiger partial charge in [-0.05, 0) is 25.0 Å². The van der Waals surface area contributed by atoms with Crippen LogP contribution in [0, 0.1) is 0 Å². The van der Waals surface area contributed by atoms with E-state index in [9.17, 15) is 4.79 Å². The normalized spacial score (nSPS) is 16.6. The first-order valence-corrected chi connectivity index (χ1v) is 9.34. The second-order valence-corrected chi connectivity index (χ2v) is 7.15. The van der Waals surface area contributed by atoms with Crippen molar-refractivity contribution in [1.29, 1.82) is 0 Å². The molecule has 5 nitrogen and oxygen atoms in total. The van der Waals surface area contributed by atoms with Crippen LogP contribution in [0.1, 0.15) is 30.7 Å². The number of aromatic nitrogens is 1. The van der Waals surface area contributed by atoms with Crippen molar-refractivity contribution in [2.75, 3.05) is 24.5 Å². The summed E-state index contributed by atoms with van der Waals surface area (Å²) in [6.45, 7) is 4.65. The maximum Gasteiger partial charge on any atom is 0.315 e. The maximum absolute atomic E-state index is 12.1. The highest BCUT2D eigenvalue weighted by molar-refractivity contribution is 7.09. The number of carbonyl (C=O) groups excluding carboxylic acids is 1. The number of nitrogens with one attached hydrogen (secondary N) is 2. The molecule has 0 spiro atoms. The predicted molar refractivity (Wildman–Crippen MR) is 98.7 cm³/mol. The molecule has 2 aromatic rings. The molecule has 2 N–H and O–H groups in total. The molecule has 0 radical (unpaired) electrons.